The van der Waals surface area contributed by atoms with Crippen LogP contribution in [0.4, 0.5) is 0 Å². The van der Waals surface area contributed by atoms with Crippen molar-refractivity contribution in [2.45, 2.75) is 18.6 Å². The average molecular weight is 344 g/mol. The van der Waals surface area contributed by atoms with E-state index in [0.29, 0.717) is 11.3 Å². The lowest BCUT2D eigenvalue weighted by Gasteiger charge is -2.37. The largest absolute Gasteiger partial charge is 0.496 e. The Kier molecular flexibility index (Phi) is 4.46. The molecule has 1 fully saturated rings. The Morgan fingerprint density at radius 3 is 2.84 bits per heavy atom. The Bertz CT molecular complexity index is 490. The molecule has 2 rings (SSSR count). The summed E-state index contributed by atoms with van der Waals surface area (Å²) in [6.07, 6.45) is 0. The van der Waals surface area contributed by atoms with E-state index in [-0.39, 0.29) is 10.7 Å². The summed E-state index contributed by atoms with van der Waals surface area (Å²) in [5.41, 5.74) is 0.633. The Morgan fingerprint density at radius 2 is 2.21 bits per heavy atom. The molecule has 1 aromatic rings. The molecule has 0 unspecified atom stereocenters. The van der Waals surface area contributed by atoms with Crippen LogP contribution in [0.2, 0.25) is 0 Å². The first-order valence-corrected chi connectivity index (χ1v) is 7.97. The second-order valence-electron chi connectivity index (χ2n) is 5.18. The first kappa shape index (κ1) is 14.7. The van der Waals surface area contributed by atoms with Gasteiger partial charge in [0.1, 0.15) is 5.75 Å². The predicted molar refractivity (Wildman–Crippen MR) is 83.1 cm³/mol. The number of rotatable bonds is 2. The van der Waals surface area contributed by atoms with Gasteiger partial charge in [-0.05, 0) is 32.0 Å². The third-order valence-corrected chi connectivity index (χ3v) is 4.90. The summed E-state index contributed by atoms with van der Waals surface area (Å²) in [7, 11) is 1.59. The number of hydrogen-bond donors (Lipinski definition) is 0. The molecule has 104 valence electrons. The molecule has 0 atom stereocenters. The number of nitrogens with zero attached hydrogens (tertiary/aromatic N) is 1. The number of methoxy groups -OCH3 is 1. The van der Waals surface area contributed by atoms with E-state index in [4.69, 9.17) is 4.74 Å². The molecule has 1 aliphatic heterocycles. The zero-order chi connectivity index (χ0) is 14.0. The van der Waals surface area contributed by atoms with Crippen LogP contribution in [-0.4, -0.2) is 41.5 Å². The molecule has 0 aliphatic carbocycles. The predicted octanol–water partition coefficient (Wildman–Crippen LogP) is 3.43. The van der Waals surface area contributed by atoms with Gasteiger partial charge in [-0.1, -0.05) is 15.9 Å². The number of halogens is 1. The zero-order valence-corrected chi connectivity index (χ0v) is 13.8. The Balaban J connectivity index is 2.24. The summed E-state index contributed by atoms with van der Waals surface area (Å²) in [5, 5.41) is 0. The van der Waals surface area contributed by atoms with E-state index >= 15 is 0 Å². The van der Waals surface area contributed by atoms with Gasteiger partial charge >= 0.3 is 0 Å². The Labute approximate surface area is 126 Å². The molecule has 1 aliphatic rings. The van der Waals surface area contributed by atoms with E-state index in [1.54, 1.807) is 7.11 Å². The molecule has 0 N–H and O–H groups in total. The molecule has 3 nitrogen and oxygen atoms in total. The summed E-state index contributed by atoms with van der Waals surface area (Å²) in [4.78, 5) is 14.5. The van der Waals surface area contributed by atoms with Gasteiger partial charge < -0.3 is 9.64 Å². The number of carbonyl (C=O) groups is 1. The van der Waals surface area contributed by atoms with Crippen LogP contribution < -0.4 is 4.74 Å². The van der Waals surface area contributed by atoms with E-state index in [2.05, 4.69) is 29.8 Å². The second kappa shape index (κ2) is 5.75. The van der Waals surface area contributed by atoms with Crippen molar-refractivity contribution >= 4 is 33.6 Å². The maximum absolute atomic E-state index is 12.6. The minimum atomic E-state index is 0.0534. The van der Waals surface area contributed by atoms with Crippen LogP contribution in [0.15, 0.2) is 22.7 Å². The summed E-state index contributed by atoms with van der Waals surface area (Å²) in [6.45, 7) is 5.92. The maximum Gasteiger partial charge on any atom is 0.257 e. The number of thioether (sulfide) groups is 1. The third kappa shape index (κ3) is 3.45. The SMILES string of the molecule is COc1cc(Br)ccc1C(=O)N1CCSC(C)(C)C1. The lowest BCUT2D eigenvalue weighted by atomic mass is 10.1. The maximum atomic E-state index is 12.6. The first-order chi connectivity index (χ1) is 8.93. The van der Waals surface area contributed by atoms with E-state index in [0.717, 1.165) is 23.3 Å². The van der Waals surface area contributed by atoms with Gasteiger partial charge in [-0.25, -0.2) is 0 Å². The first-order valence-electron chi connectivity index (χ1n) is 6.20. The fraction of sp³-hybridized carbons (Fsp3) is 0.500. The Morgan fingerprint density at radius 1 is 1.47 bits per heavy atom. The lowest BCUT2D eigenvalue weighted by molar-refractivity contribution is 0.0744. The monoisotopic (exact) mass is 343 g/mol. The molecular formula is C14H18BrNO2S. The van der Waals surface area contributed by atoms with Gasteiger partial charge in [0.05, 0.1) is 12.7 Å². The highest BCUT2D eigenvalue weighted by Gasteiger charge is 2.31. The molecule has 19 heavy (non-hydrogen) atoms. The highest BCUT2D eigenvalue weighted by atomic mass is 79.9. The van der Waals surface area contributed by atoms with Crippen LogP contribution in [-0.2, 0) is 0 Å². The van der Waals surface area contributed by atoms with Crippen molar-refractivity contribution in [2.75, 3.05) is 26.0 Å². The van der Waals surface area contributed by atoms with Gasteiger partial charge in [0.2, 0.25) is 0 Å². The van der Waals surface area contributed by atoms with E-state index in [9.17, 15) is 4.79 Å². The van der Waals surface area contributed by atoms with Crippen molar-refractivity contribution in [3.63, 3.8) is 0 Å². The Hall–Kier alpha value is -0.680. The quantitative estimate of drug-likeness (QED) is 0.823. The summed E-state index contributed by atoms with van der Waals surface area (Å²) >= 11 is 5.31. The van der Waals surface area contributed by atoms with Gasteiger partial charge in [0.15, 0.2) is 0 Å². The molecule has 0 spiro atoms. The van der Waals surface area contributed by atoms with Crippen LogP contribution in [0.5, 0.6) is 5.75 Å². The normalized spacial score (nSPS) is 18.2. The fourth-order valence-electron chi connectivity index (χ4n) is 2.20. The summed E-state index contributed by atoms with van der Waals surface area (Å²) in [5.74, 6) is 1.66. The molecule has 1 heterocycles. The standard InChI is InChI=1S/C14H18BrNO2S/c1-14(2)9-16(6-7-19-14)13(17)11-5-4-10(15)8-12(11)18-3/h4-5,8H,6-7,9H2,1-3H3. The number of ether oxygens (including phenoxy) is 1. The van der Waals surface area contributed by atoms with Crippen molar-refractivity contribution in [1.29, 1.82) is 0 Å². The molecule has 1 amide bonds. The van der Waals surface area contributed by atoms with Crippen LogP contribution in [0.3, 0.4) is 0 Å². The minimum absolute atomic E-state index is 0.0534. The molecule has 0 bridgehead atoms. The van der Waals surface area contributed by atoms with Crippen LogP contribution in [0.25, 0.3) is 0 Å². The van der Waals surface area contributed by atoms with Crippen LogP contribution >= 0.6 is 27.7 Å². The fourth-order valence-corrected chi connectivity index (χ4v) is 3.65. The molecule has 5 heteroatoms. The molecule has 0 saturated carbocycles. The second-order valence-corrected chi connectivity index (χ2v) is 7.90. The summed E-state index contributed by atoms with van der Waals surface area (Å²) < 4.78 is 6.34. The van der Waals surface area contributed by atoms with Gasteiger partial charge in [-0.15, -0.1) is 0 Å². The molecule has 0 radical (unpaired) electrons. The van der Waals surface area contributed by atoms with Crippen molar-refractivity contribution in [2.24, 2.45) is 0 Å². The highest BCUT2D eigenvalue weighted by Crippen LogP contribution is 2.32. The average Bonchev–Trinajstić information content (AvgIpc) is 2.36. The molecule has 0 aromatic heterocycles. The molecule has 1 aromatic carbocycles. The van der Waals surface area contributed by atoms with Crippen molar-refractivity contribution < 1.29 is 9.53 Å². The zero-order valence-electron chi connectivity index (χ0n) is 11.4. The third-order valence-electron chi connectivity index (χ3n) is 3.11. The summed E-state index contributed by atoms with van der Waals surface area (Å²) in [6, 6.07) is 5.52. The van der Waals surface area contributed by atoms with Gasteiger partial charge in [0, 0.05) is 28.1 Å². The van der Waals surface area contributed by atoms with Gasteiger partial charge in [-0.2, -0.15) is 11.8 Å². The van der Waals surface area contributed by atoms with Crippen molar-refractivity contribution in [1.82, 2.24) is 4.90 Å². The topological polar surface area (TPSA) is 29.5 Å². The van der Waals surface area contributed by atoms with Crippen LogP contribution in [0.1, 0.15) is 24.2 Å². The smallest absolute Gasteiger partial charge is 0.257 e. The van der Waals surface area contributed by atoms with Gasteiger partial charge in [0.25, 0.3) is 5.91 Å². The lowest BCUT2D eigenvalue weighted by Crippen LogP contribution is -2.46. The van der Waals surface area contributed by atoms with Crippen molar-refractivity contribution in [3.8, 4) is 5.75 Å². The molecule has 1 saturated heterocycles. The van der Waals surface area contributed by atoms with E-state index in [1.807, 2.05) is 34.9 Å². The van der Waals surface area contributed by atoms with E-state index in [1.165, 1.54) is 0 Å². The molecular weight excluding hydrogens is 326 g/mol. The highest BCUT2D eigenvalue weighted by molar-refractivity contribution is 9.10. The number of amides is 1. The number of hydrogen-bond acceptors (Lipinski definition) is 3. The number of carbonyl (C=O) groups excluding carboxylic acids is 1. The van der Waals surface area contributed by atoms with E-state index < -0.39 is 0 Å². The van der Waals surface area contributed by atoms with Crippen LogP contribution in [0, 0.1) is 0 Å². The number of benzene rings is 1. The minimum Gasteiger partial charge on any atom is -0.496 e. The van der Waals surface area contributed by atoms with Crippen molar-refractivity contribution in [3.05, 3.63) is 28.2 Å². The van der Waals surface area contributed by atoms with Gasteiger partial charge in [-0.3, -0.25) is 4.79 Å².